The molecule has 3 rings (SSSR count). The molecule has 3 aromatic carbocycles. The number of nitrogens with two attached hydrogens (primary N) is 1. The minimum Gasteiger partial charge on any atom is -0.497 e. The lowest BCUT2D eigenvalue weighted by Gasteiger charge is -2.12. The molecule has 2 N–H and O–H groups in total. The van der Waals surface area contributed by atoms with Crippen LogP contribution in [0, 0.1) is 0 Å². The van der Waals surface area contributed by atoms with Gasteiger partial charge in [0.05, 0.1) is 7.11 Å². The second-order valence-corrected chi connectivity index (χ2v) is 4.79. The highest BCUT2D eigenvalue weighted by Crippen LogP contribution is 2.30. The van der Waals surface area contributed by atoms with Gasteiger partial charge in [-0.2, -0.15) is 0 Å². The van der Waals surface area contributed by atoms with Crippen LogP contribution in [0.25, 0.3) is 10.8 Å². The van der Waals surface area contributed by atoms with Crippen LogP contribution in [-0.4, -0.2) is 7.11 Å². The predicted molar refractivity (Wildman–Crippen MR) is 84.9 cm³/mol. The van der Waals surface area contributed by atoms with E-state index >= 15 is 0 Å². The molecule has 0 aliphatic heterocycles. The van der Waals surface area contributed by atoms with Gasteiger partial charge >= 0.3 is 0 Å². The number of methoxy groups -OCH3 is 1. The smallest absolute Gasteiger partial charge is 0.135 e. The largest absolute Gasteiger partial charge is 0.497 e. The third kappa shape index (κ3) is 2.83. The van der Waals surface area contributed by atoms with Gasteiger partial charge in [0.2, 0.25) is 0 Å². The van der Waals surface area contributed by atoms with Crippen LogP contribution in [0.3, 0.4) is 0 Å². The lowest BCUT2D eigenvalue weighted by molar-refractivity contribution is 0.408. The Morgan fingerprint density at radius 2 is 1.62 bits per heavy atom. The molecule has 0 spiro atoms. The third-order valence-corrected chi connectivity index (χ3v) is 3.44. The van der Waals surface area contributed by atoms with Crippen molar-refractivity contribution in [1.29, 1.82) is 0 Å². The lowest BCUT2D eigenvalue weighted by atomic mass is 10.1. The van der Waals surface area contributed by atoms with Crippen molar-refractivity contribution < 1.29 is 9.47 Å². The number of hydrogen-bond donors (Lipinski definition) is 1. The van der Waals surface area contributed by atoms with Crippen LogP contribution in [-0.2, 0) is 6.54 Å². The van der Waals surface area contributed by atoms with E-state index in [-0.39, 0.29) is 0 Å². The van der Waals surface area contributed by atoms with Crippen molar-refractivity contribution in [2.24, 2.45) is 5.73 Å². The van der Waals surface area contributed by atoms with E-state index < -0.39 is 0 Å². The highest BCUT2D eigenvalue weighted by atomic mass is 16.5. The Hall–Kier alpha value is -2.52. The van der Waals surface area contributed by atoms with Crippen molar-refractivity contribution in [2.45, 2.75) is 6.54 Å². The second-order valence-electron chi connectivity index (χ2n) is 4.79. The fourth-order valence-corrected chi connectivity index (χ4v) is 2.28. The maximum Gasteiger partial charge on any atom is 0.135 e. The normalized spacial score (nSPS) is 10.6. The molecule has 3 aromatic rings. The van der Waals surface area contributed by atoms with Gasteiger partial charge in [0, 0.05) is 18.2 Å². The zero-order valence-electron chi connectivity index (χ0n) is 11.9. The molecule has 0 aromatic heterocycles. The van der Waals surface area contributed by atoms with Crippen LogP contribution in [0.1, 0.15) is 5.56 Å². The first-order valence-electron chi connectivity index (χ1n) is 6.84. The summed E-state index contributed by atoms with van der Waals surface area (Å²) < 4.78 is 11.2. The molecular weight excluding hydrogens is 262 g/mol. The molecule has 0 unspecified atom stereocenters. The van der Waals surface area contributed by atoms with Crippen LogP contribution in [0.4, 0.5) is 0 Å². The van der Waals surface area contributed by atoms with E-state index in [0.29, 0.717) is 6.54 Å². The van der Waals surface area contributed by atoms with Crippen LogP contribution in [0.5, 0.6) is 17.2 Å². The maximum atomic E-state index is 5.99. The lowest BCUT2D eigenvalue weighted by Crippen LogP contribution is -2.00. The minimum absolute atomic E-state index is 0.424. The molecule has 21 heavy (non-hydrogen) atoms. The van der Waals surface area contributed by atoms with Crippen molar-refractivity contribution >= 4 is 10.8 Å². The molecule has 3 nitrogen and oxygen atoms in total. The summed E-state index contributed by atoms with van der Waals surface area (Å²) in [4.78, 5) is 0. The Morgan fingerprint density at radius 3 is 2.38 bits per heavy atom. The highest BCUT2D eigenvalue weighted by Gasteiger charge is 2.06. The summed E-state index contributed by atoms with van der Waals surface area (Å²) in [5, 5.41) is 2.33. The van der Waals surface area contributed by atoms with Crippen molar-refractivity contribution in [3.63, 3.8) is 0 Å². The summed E-state index contributed by atoms with van der Waals surface area (Å²) in [6.07, 6.45) is 0. The Morgan fingerprint density at radius 1 is 0.857 bits per heavy atom. The average molecular weight is 279 g/mol. The van der Waals surface area contributed by atoms with Crippen molar-refractivity contribution in [3.8, 4) is 17.2 Å². The summed E-state index contributed by atoms with van der Waals surface area (Å²) in [6, 6.07) is 19.9. The van der Waals surface area contributed by atoms with Gasteiger partial charge < -0.3 is 15.2 Å². The quantitative estimate of drug-likeness (QED) is 0.782. The van der Waals surface area contributed by atoms with Crippen molar-refractivity contribution in [2.75, 3.05) is 7.11 Å². The number of ether oxygens (including phenoxy) is 2. The predicted octanol–water partition coefficient (Wildman–Crippen LogP) is 4.10. The summed E-state index contributed by atoms with van der Waals surface area (Å²) >= 11 is 0. The van der Waals surface area contributed by atoms with Gasteiger partial charge in [-0.15, -0.1) is 0 Å². The van der Waals surface area contributed by atoms with Crippen LogP contribution < -0.4 is 15.2 Å². The zero-order chi connectivity index (χ0) is 14.7. The first kappa shape index (κ1) is 13.5. The summed E-state index contributed by atoms with van der Waals surface area (Å²) in [5.74, 6) is 2.27. The molecule has 0 radical (unpaired) electrons. The van der Waals surface area contributed by atoms with Gasteiger partial charge in [-0.05, 0) is 29.0 Å². The van der Waals surface area contributed by atoms with Crippen LogP contribution in [0.2, 0.25) is 0 Å². The fraction of sp³-hybridized carbons (Fsp3) is 0.111. The van der Waals surface area contributed by atoms with E-state index in [2.05, 4.69) is 12.1 Å². The molecule has 0 saturated heterocycles. The van der Waals surface area contributed by atoms with E-state index in [1.165, 1.54) is 5.39 Å². The van der Waals surface area contributed by atoms with E-state index in [1.54, 1.807) is 7.11 Å². The molecule has 0 atom stereocenters. The van der Waals surface area contributed by atoms with Gasteiger partial charge in [-0.25, -0.2) is 0 Å². The fourth-order valence-electron chi connectivity index (χ4n) is 2.28. The van der Waals surface area contributed by atoms with Crippen molar-refractivity contribution in [1.82, 2.24) is 0 Å². The standard InChI is InChI=1S/C18H17NO2/c1-20-16-8-7-15(12-19)18(11-16)21-17-9-6-13-4-2-3-5-14(13)10-17/h2-11H,12,19H2,1H3. The Bertz CT molecular complexity index is 768. The maximum absolute atomic E-state index is 5.99. The average Bonchev–Trinajstić information content (AvgIpc) is 2.54. The highest BCUT2D eigenvalue weighted by molar-refractivity contribution is 5.83. The summed E-state index contributed by atoms with van der Waals surface area (Å²) in [7, 11) is 1.64. The second kappa shape index (κ2) is 5.85. The topological polar surface area (TPSA) is 44.5 Å². The summed E-state index contributed by atoms with van der Waals surface area (Å²) in [6.45, 7) is 0.424. The SMILES string of the molecule is COc1ccc(CN)c(Oc2ccc3ccccc3c2)c1. The molecular formula is C18H17NO2. The Kier molecular flexibility index (Phi) is 3.75. The van der Waals surface area contributed by atoms with Gasteiger partial charge in [0.25, 0.3) is 0 Å². The Labute approximate surface area is 123 Å². The molecule has 0 aliphatic carbocycles. The van der Waals surface area contributed by atoms with Crippen LogP contribution >= 0.6 is 0 Å². The molecule has 0 heterocycles. The zero-order valence-corrected chi connectivity index (χ0v) is 11.9. The minimum atomic E-state index is 0.424. The van der Waals surface area contributed by atoms with E-state index in [4.69, 9.17) is 15.2 Å². The molecule has 0 aliphatic rings. The monoisotopic (exact) mass is 279 g/mol. The number of rotatable bonds is 4. The van der Waals surface area contributed by atoms with Gasteiger partial charge in [0.15, 0.2) is 0 Å². The molecule has 3 heteroatoms. The number of hydrogen-bond acceptors (Lipinski definition) is 3. The van der Waals surface area contributed by atoms with Gasteiger partial charge in [0.1, 0.15) is 17.2 Å². The molecule has 0 amide bonds. The number of fused-ring (bicyclic) bond motifs is 1. The van der Waals surface area contributed by atoms with Crippen LogP contribution in [0.15, 0.2) is 60.7 Å². The molecule has 0 fully saturated rings. The first-order valence-corrected chi connectivity index (χ1v) is 6.84. The van der Waals surface area contributed by atoms with Gasteiger partial charge in [-0.1, -0.05) is 36.4 Å². The van der Waals surface area contributed by atoms with Gasteiger partial charge in [-0.3, -0.25) is 0 Å². The molecule has 0 bridgehead atoms. The Balaban J connectivity index is 1.97. The van der Waals surface area contributed by atoms with Crippen molar-refractivity contribution in [3.05, 3.63) is 66.2 Å². The van der Waals surface area contributed by atoms with E-state index in [1.807, 2.05) is 48.5 Å². The third-order valence-electron chi connectivity index (χ3n) is 3.44. The van der Waals surface area contributed by atoms with E-state index in [0.717, 1.165) is 28.2 Å². The molecule has 106 valence electrons. The first-order chi connectivity index (χ1) is 10.3. The van der Waals surface area contributed by atoms with E-state index in [9.17, 15) is 0 Å². The summed E-state index contributed by atoms with van der Waals surface area (Å²) in [5.41, 5.74) is 6.71. The number of benzene rings is 3. The molecule has 0 saturated carbocycles.